The first kappa shape index (κ1) is 14.8. The number of halogens is 1. The van der Waals surface area contributed by atoms with Crippen LogP contribution in [0.2, 0.25) is 0 Å². The third-order valence-electron chi connectivity index (χ3n) is 2.27. The lowest BCUT2D eigenvalue weighted by atomic mass is 10.1. The summed E-state index contributed by atoms with van der Waals surface area (Å²) in [6.07, 6.45) is 0. The highest BCUT2D eigenvalue weighted by Gasteiger charge is 2.23. The molecule has 0 heterocycles. The highest BCUT2D eigenvalue weighted by molar-refractivity contribution is 7.89. The van der Waals surface area contributed by atoms with Gasteiger partial charge in [0.2, 0.25) is 10.0 Å². The third-order valence-corrected chi connectivity index (χ3v) is 3.66. The summed E-state index contributed by atoms with van der Waals surface area (Å²) in [5.41, 5.74) is 3.49. The topological polar surface area (TPSA) is 113 Å². The Bertz CT molecular complexity index is 531. The van der Waals surface area contributed by atoms with Crippen LogP contribution >= 0.6 is 0 Å². The molecular weight excluding hydrogens is 263 g/mol. The molecule has 0 aromatic heterocycles. The van der Waals surface area contributed by atoms with E-state index in [9.17, 15) is 17.9 Å². The minimum absolute atomic E-state index is 0.156. The van der Waals surface area contributed by atoms with Gasteiger partial charge in [-0.3, -0.25) is 0 Å². The fourth-order valence-electron chi connectivity index (χ4n) is 1.06. The van der Waals surface area contributed by atoms with Gasteiger partial charge >= 0.3 is 0 Å². The van der Waals surface area contributed by atoms with Crippen LogP contribution in [0.25, 0.3) is 0 Å². The zero-order valence-corrected chi connectivity index (χ0v) is 10.5. The molecule has 0 bridgehead atoms. The molecular formula is C10H15FN2O4S. The van der Waals surface area contributed by atoms with Gasteiger partial charge in [0.05, 0.1) is 22.8 Å². The largest absolute Gasteiger partial charge is 0.396 e. The Kier molecular flexibility index (Phi) is 4.28. The molecule has 0 radical (unpaired) electrons. The van der Waals surface area contributed by atoms with Gasteiger partial charge in [0.25, 0.3) is 0 Å². The molecule has 0 spiro atoms. The quantitative estimate of drug-likeness (QED) is 0.539. The SMILES string of the molecule is CC(O)(CO)CNS(=O)(=O)c1ccc(N)c(F)c1. The average Bonchev–Trinajstić information content (AvgIpc) is 2.30. The van der Waals surface area contributed by atoms with Gasteiger partial charge < -0.3 is 15.9 Å². The van der Waals surface area contributed by atoms with Crippen molar-refractivity contribution >= 4 is 15.7 Å². The van der Waals surface area contributed by atoms with Gasteiger partial charge in [-0.25, -0.2) is 17.5 Å². The van der Waals surface area contributed by atoms with Gasteiger partial charge in [0.15, 0.2) is 0 Å². The number of sulfonamides is 1. The van der Waals surface area contributed by atoms with Crippen LogP contribution in [-0.4, -0.2) is 37.4 Å². The second-order valence-electron chi connectivity index (χ2n) is 4.16. The Hall–Kier alpha value is -1.22. The van der Waals surface area contributed by atoms with E-state index in [1.165, 1.54) is 6.92 Å². The molecule has 0 saturated carbocycles. The van der Waals surface area contributed by atoms with Crippen molar-refractivity contribution in [3.63, 3.8) is 0 Å². The number of aliphatic hydroxyl groups excluding tert-OH is 1. The average molecular weight is 278 g/mol. The van der Waals surface area contributed by atoms with E-state index in [1.54, 1.807) is 0 Å². The molecule has 1 rings (SSSR count). The number of benzene rings is 1. The van der Waals surface area contributed by atoms with Gasteiger partial charge in [-0.15, -0.1) is 0 Å². The second kappa shape index (κ2) is 5.19. The minimum Gasteiger partial charge on any atom is -0.396 e. The summed E-state index contributed by atoms with van der Waals surface area (Å²) < 4.78 is 38.7. The summed E-state index contributed by atoms with van der Waals surface area (Å²) in [4.78, 5) is -0.303. The van der Waals surface area contributed by atoms with Crippen molar-refractivity contribution in [3.05, 3.63) is 24.0 Å². The van der Waals surface area contributed by atoms with Crippen molar-refractivity contribution in [1.29, 1.82) is 0 Å². The van der Waals surface area contributed by atoms with Crippen molar-refractivity contribution in [2.24, 2.45) is 0 Å². The molecule has 0 saturated heterocycles. The number of anilines is 1. The lowest BCUT2D eigenvalue weighted by Crippen LogP contribution is -2.43. The molecule has 0 fully saturated rings. The van der Waals surface area contributed by atoms with Crippen LogP contribution in [0.15, 0.2) is 23.1 Å². The molecule has 0 amide bonds. The van der Waals surface area contributed by atoms with E-state index in [-0.39, 0.29) is 10.6 Å². The van der Waals surface area contributed by atoms with E-state index >= 15 is 0 Å². The number of hydrogen-bond acceptors (Lipinski definition) is 5. The molecule has 1 aromatic carbocycles. The molecule has 1 atom stereocenters. The fourth-order valence-corrected chi connectivity index (χ4v) is 2.24. The number of hydrogen-bond donors (Lipinski definition) is 4. The smallest absolute Gasteiger partial charge is 0.240 e. The van der Waals surface area contributed by atoms with Crippen molar-refractivity contribution < 1.29 is 23.0 Å². The van der Waals surface area contributed by atoms with E-state index in [4.69, 9.17) is 10.8 Å². The summed E-state index contributed by atoms with van der Waals surface area (Å²) in [6.45, 7) is 0.266. The standard InChI is InChI=1S/C10H15FN2O4S/c1-10(15,6-14)5-13-18(16,17)7-2-3-9(12)8(11)4-7/h2-4,13-15H,5-6,12H2,1H3. The normalized spacial score (nSPS) is 15.3. The molecule has 18 heavy (non-hydrogen) atoms. The minimum atomic E-state index is -3.96. The monoisotopic (exact) mass is 278 g/mol. The van der Waals surface area contributed by atoms with Crippen LogP contribution in [0.3, 0.4) is 0 Å². The molecule has 5 N–H and O–H groups in total. The Balaban J connectivity index is 2.90. The maximum Gasteiger partial charge on any atom is 0.240 e. The first-order valence-electron chi connectivity index (χ1n) is 5.06. The van der Waals surface area contributed by atoms with Crippen LogP contribution < -0.4 is 10.5 Å². The third kappa shape index (κ3) is 3.64. The summed E-state index contributed by atoms with van der Waals surface area (Å²) in [5, 5.41) is 18.2. The number of nitrogen functional groups attached to an aromatic ring is 1. The molecule has 0 aliphatic carbocycles. The van der Waals surface area contributed by atoms with E-state index in [2.05, 4.69) is 4.72 Å². The predicted octanol–water partition coefficient (Wildman–Crippen LogP) is -0.571. The maximum atomic E-state index is 13.1. The van der Waals surface area contributed by atoms with Gasteiger partial charge in [-0.2, -0.15) is 0 Å². The van der Waals surface area contributed by atoms with Gasteiger partial charge in [0.1, 0.15) is 5.82 Å². The van der Waals surface area contributed by atoms with Crippen LogP contribution in [0, 0.1) is 5.82 Å². The molecule has 0 aliphatic heterocycles. The van der Waals surface area contributed by atoms with Gasteiger partial charge in [-0.1, -0.05) is 0 Å². The summed E-state index contributed by atoms with van der Waals surface area (Å²) in [6, 6.07) is 3.06. The summed E-state index contributed by atoms with van der Waals surface area (Å²) in [7, 11) is -3.96. The van der Waals surface area contributed by atoms with Crippen LogP contribution in [0.5, 0.6) is 0 Å². The van der Waals surface area contributed by atoms with Crippen LogP contribution in [-0.2, 0) is 10.0 Å². The van der Waals surface area contributed by atoms with Crippen LogP contribution in [0.4, 0.5) is 10.1 Å². The number of aliphatic hydroxyl groups is 2. The maximum absolute atomic E-state index is 13.1. The Morgan fingerprint density at radius 2 is 2.11 bits per heavy atom. The van der Waals surface area contributed by atoms with E-state index in [0.717, 1.165) is 18.2 Å². The molecule has 0 aliphatic rings. The molecule has 6 nitrogen and oxygen atoms in total. The Morgan fingerprint density at radius 1 is 1.50 bits per heavy atom. The lowest BCUT2D eigenvalue weighted by Gasteiger charge is -2.20. The number of rotatable bonds is 5. The molecule has 8 heteroatoms. The highest BCUT2D eigenvalue weighted by atomic mass is 32.2. The first-order valence-corrected chi connectivity index (χ1v) is 6.54. The van der Waals surface area contributed by atoms with Gasteiger partial charge in [-0.05, 0) is 25.1 Å². The fraction of sp³-hybridized carbons (Fsp3) is 0.400. The zero-order valence-electron chi connectivity index (χ0n) is 9.72. The van der Waals surface area contributed by atoms with Crippen molar-refractivity contribution in [2.75, 3.05) is 18.9 Å². The molecule has 1 aromatic rings. The van der Waals surface area contributed by atoms with Crippen molar-refractivity contribution in [2.45, 2.75) is 17.4 Å². The Labute approximate surface area is 104 Å². The number of nitrogens with one attached hydrogen (secondary N) is 1. The van der Waals surface area contributed by atoms with Crippen molar-refractivity contribution in [1.82, 2.24) is 4.72 Å². The Morgan fingerprint density at radius 3 is 2.61 bits per heavy atom. The first-order chi connectivity index (χ1) is 8.18. The highest BCUT2D eigenvalue weighted by Crippen LogP contribution is 2.16. The lowest BCUT2D eigenvalue weighted by molar-refractivity contribution is 0.00681. The van der Waals surface area contributed by atoms with Gasteiger partial charge in [0, 0.05) is 6.54 Å². The summed E-state index contributed by atoms with van der Waals surface area (Å²) >= 11 is 0. The second-order valence-corrected chi connectivity index (χ2v) is 5.93. The molecule has 102 valence electrons. The van der Waals surface area contributed by atoms with E-state index in [0.29, 0.717) is 0 Å². The predicted molar refractivity (Wildman–Crippen MR) is 63.7 cm³/mol. The zero-order chi connectivity index (χ0) is 14.0. The molecule has 1 unspecified atom stereocenters. The van der Waals surface area contributed by atoms with E-state index < -0.39 is 34.6 Å². The number of nitrogens with two attached hydrogens (primary N) is 1. The van der Waals surface area contributed by atoms with Crippen molar-refractivity contribution in [3.8, 4) is 0 Å². The summed E-state index contributed by atoms with van der Waals surface area (Å²) in [5.74, 6) is -0.841. The van der Waals surface area contributed by atoms with Crippen LogP contribution in [0.1, 0.15) is 6.92 Å². The van der Waals surface area contributed by atoms with E-state index in [1.807, 2.05) is 0 Å².